The summed E-state index contributed by atoms with van der Waals surface area (Å²) in [5, 5.41) is 21.5. The second-order valence-corrected chi connectivity index (χ2v) is 7.13. The molecule has 168 valence electrons. The number of pyridine rings is 1. The number of halogens is 2. The van der Waals surface area contributed by atoms with E-state index in [0.717, 1.165) is 6.07 Å². The molecule has 3 N–H and O–H groups in total. The van der Waals surface area contributed by atoms with E-state index in [-0.39, 0.29) is 17.0 Å². The highest BCUT2D eigenvalue weighted by Gasteiger charge is 2.48. The van der Waals surface area contributed by atoms with E-state index in [4.69, 9.17) is 19.3 Å². The van der Waals surface area contributed by atoms with Gasteiger partial charge in [0.15, 0.2) is 11.6 Å². The standard InChI is InChI=1S/C21H24F2N2O6/c1-10-18(29-2)16(12-4-5-13(22)17(23)19(12)30-3)20(31-10)21(28)25-11-6-7-24-14(8-11)15(27)9-26/h4-8,10,15-16,18,20,26-27H,9H2,1-3H3,(H,24,25,28)/t10-,15+,16+,18+,20+/m0/s1. The molecule has 1 aliphatic rings. The Morgan fingerprint density at radius 2 is 2.06 bits per heavy atom. The number of amides is 1. The molecule has 8 nitrogen and oxygen atoms in total. The lowest BCUT2D eigenvalue weighted by Crippen LogP contribution is -2.34. The van der Waals surface area contributed by atoms with Crippen LogP contribution in [-0.4, -0.2) is 60.2 Å². The van der Waals surface area contributed by atoms with Gasteiger partial charge in [-0.25, -0.2) is 4.39 Å². The van der Waals surface area contributed by atoms with E-state index in [9.17, 15) is 18.7 Å². The third-order valence-corrected chi connectivity index (χ3v) is 5.24. The van der Waals surface area contributed by atoms with Crippen molar-refractivity contribution >= 4 is 11.6 Å². The van der Waals surface area contributed by atoms with Crippen molar-refractivity contribution in [1.29, 1.82) is 0 Å². The number of rotatable bonds is 7. The fraction of sp³-hybridized carbons (Fsp3) is 0.429. The molecule has 1 aliphatic heterocycles. The molecule has 0 radical (unpaired) electrons. The molecule has 0 saturated carbocycles. The molecule has 2 aromatic rings. The van der Waals surface area contributed by atoms with Crippen LogP contribution in [0.5, 0.6) is 5.75 Å². The van der Waals surface area contributed by atoms with Crippen molar-refractivity contribution in [3.63, 3.8) is 0 Å². The van der Waals surface area contributed by atoms with Gasteiger partial charge >= 0.3 is 0 Å². The summed E-state index contributed by atoms with van der Waals surface area (Å²) in [6.45, 7) is 1.18. The van der Waals surface area contributed by atoms with E-state index < -0.39 is 54.5 Å². The summed E-state index contributed by atoms with van der Waals surface area (Å²) in [6, 6.07) is 5.23. The number of nitrogens with zero attached hydrogens (tertiary/aromatic N) is 1. The summed E-state index contributed by atoms with van der Waals surface area (Å²) >= 11 is 0. The van der Waals surface area contributed by atoms with Gasteiger partial charge in [0.05, 0.1) is 37.5 Å². The number of nitrogens with one attached hydrogen (secondary N) is 1. The Morgan fingerprint density at radius 3 is 2.71 bits per heavy atom. The Kier molecular flexibility index (Phi) is 7.16. The summed E-state index contributed by atoms with van der Waals surface area (Å²) in [4.78, 5) is 17.0. The van der Waals surface area contributed by atoms with E-state index in [1.54, 1.807) is 6.92 Å². The number of carbonyl (C=O) groups excluding carboxylic acids is 1. The second kappa shape index (κ2) is 9.65. The minimum Gasteiger partial charge on any atom is -0.493 e. The van der Waals surface area contributed by atoms with Crippen LogP contribution in [0.3, 0.4) is 0 Å². The van der Waals surface area contributed by atoms with Crippen molar-refractivity contribution in [3.8, 4) is 5.75 Å². The van der Waals surface area contributed by atoms with Crippen LogP contribution in [0.15, 0.2) is 30.5 Å². The molecule has 1 saturated heterocycles. The normalized spacial score (nSPS) is 24.1. The van der Waals surface area contributed by atoms with E-state index in [1.807, 2.05) is 0 Å². The van der Waals surface area contributed by atoms with E-state index in [1.165, 1.54) is 38.6 Å². The van der Waals surface area contributed by atoms with Crippen LogP contribution < -0.4 is 10.1 Å². The Balaban J connectivity index is 1.94. The monoisotopic (exact) mass is 438 g/mol. The summed E-state index contributed by atoms with van der Waals surface area (Å²) in [6.07, 6.45) is -2.07. The predicted molar refractivity (Wildman–Crippen MR) is 106 cm³/mol. The topological polar surface area (TPSA) is 110 Å². The van der Waals surface area contributed by atoms with Crippen LogP contribution in [0.25, 0.3) is 0 Å². The highest BCUT2D eigenvalue weighted by atomic mass is 19.2. The van der Waals surface area contributed by atoms with Gasteiger partial charge in [-0.1, -0.05) is 6.07 Å². The maximum absolute atomic E-state index is 14.3. The minimum absolute atomic E-state index is 0.176. The van der Waals surface area contributed by atoms with Gasteiger partial charge in [0.1, 0.15) is 12.2 Å². The molecule has 2 heterocycles. The number of aromatic nitrogens is 1. The van der Waals surface area contributed by atoms with Gasteiger partial charge in [0, 0.05) is 24.6 Å². The fourth-order valence-corrected chi connectivity index (χ4v) is 3.79. The van der Waals surface area contributed by atoms with Crippen molar-refractivity contribution in [2.24, 2.45) is 0 Å². The summed E-state index contributed by atoms with van der Waals surface area (Å²) in [5.74, 6) is -3.90. The Morgan fingerprint density at radius 1 is 1.32 bits per heavy atom. The van der Waals surface area contributed by atoms with Gasteiger partial charge in [-0.05, 0) is 25.1 Å². The smallest absolute Gasteiger partial charge is 0.254 e. The third kappa shape index (κ3) is 4.52. The van der Waals surface area contributed by atoms with Crippen LogP contribution in [0.1, 0.15) is 30.2 Å². The molecule has 5 atom stereocenters. The van der Waals surface area contributed by atoms with E-state index >= 15 is 0 Å². The quantitative estimate of drug-likeness (QED) is 0.606. The Hall–Kier alpha value is -2.66. The molecule has 3 rings (SSSR count). The predicted octanol–water partition coefficient (Wildman–Crippen LogP) is 1.92. The number of aliphatic hydroxyl groups is 2. The van der Waals surface area contributed by atoms with Gasteiger partial charge in [0.2, 0.25) is 5.82 Å². The first-order valence-corrected chi connectivity index (χ1v) is 9.58. The first-order chi connectivity index (χ1) is 14.8. The maximum Gasteiger partial charge on any atom is 0.254 e. The molecule has 1 aromatic heterocycles. The molecule has 10 heteroatoms. The maximum atomic E-state index is 14.3. The number of aliphatic hydroxyl groups excluding tert-OH is 2. The van der Waals surface area contributed by atoms with Crippen molar-refractivity contribution in [2.75, 3.05) is 26.1 Å². The van der Waals surface area contributed by atoms with Crippen molar-refractivity contribution in [3.05, 3.63) is 53.4 Å². The van der Waals surface area contributed by atoms with Gasteiger partial charge in [-0.3, -0.25) is 9.78 Å². The third-order valence-electron chi connectivity index (χ3n) is 5.24. The van der Waals surface area contributed by atoms with Crippen LogP contribution in [-0.2, 0) is 14.3 Å². The summed E-state index contributed by atoms with van der Waals surface area (Å²) in [7, 11) is 2.65. The van der Waals surface area contributed by atoms with Crippen LogP contribution in [0.2, 0.25) is 0 Å². The fourth-order valence-electron chi connectivity index (χ4n) is 3.79. The number of hydrogen-bond acceptors (Lipinski definition) is 7. The molecule has 1 amide bonds. The lowest BCUT2D eigenvalue weighted by molar-refractivity contribution is -0.127. The molecule has 0 bridgehead atoms. The van der Waals surface area contributed by atoms with Gasteiger partial charge in [0.25, 0.3) is 5.91 Å². The molecule has 31 heavy (non-hydrogen) atoms. The second-order valence-electron chi connectivity index (χ2n) is 7.13. The number of ether oxygens (including phenoxy) is 3. The number of carbonyl (C=O) groups is 1. The average Bonchev–Trinajstić information content (AvgIpc) is 3.11. The van der Waals surface area contributed by atoms with Crippen molar-refractivity contribution in [2.45, 2.75) is 37.3 Å². The van der Waals surface area contributed by atoms with Crippen molar-refractivity contribution < 1.29 is 38.0 Å². The number of benzene rings is 1. The average molecular weight is 438 g/mol. The number of methoxy groups -OCH3 is 2. The first kappa shape index (κ1) is 23.0. The minimum atomic E-state index is -1.20. The molecular formula is C21H24F2N2O6. The number of hydrogen-bond donors (Lipinski definition) is 3. The molecule has 1 aromatic carbocycles. The van der Waals surface area contributed by atoms with Gasteiger partial charge in [-0.15, -0.1) is 0 Å². The van der Waals surface area contributed by atoms with Gasteiger partial charge < -0.3 is 29.7 Å². The molecule has 0 unspecified atom stereocenters. The first-order valence-electron chi connectivity index (χ1n) is 9.58. The zero-order chi connectivity index (χ0) is 22.7. The Labute approximate surface area is 177 Å². The van der Waals surface area contributed by atoms with Crippen LogP contribution in [0, 0.1) is 11.6 Å². The Bertz CT molecular complexity index is 944. The summed E-state index contributed by atoms with van der Waals surface area (Å²) in [5.41, 5.74) is 0.731. The zero-order valence-corrected chi connectivity index (χ0v) is 17.2. The summed E-state index contributed by atoms with van der Waals surface area (Å²) < 4.78 is 44.5. The molecular weight excluding hydrogens is 414 g/mol. The molecule has 0 spiro atoms. The number of anilines is 1. The van der Waals surface area contributed by atoms with Crippen LogP contribution >= 0.6 is 0 Å². The van der Waals surface area contributed by atoms with Gasteiger partial charge in [-0.2, -0.15) is 4.39 Å². The highest BCUT2D eigenvalue weighted by Crippen LogP contribution is 2.42. The molecule has 0 aliphatic carbocycles. The largest absolute Gasteiger partial charge is 0.493 e. The van der Waals surface area contributed by atoms with E-state index in [2.05, 4.69) is 10.3 Å². The van der Waals surface area contributed by atoms with Crippen molar-refractivity contribution in [1.82, 2.24) is 4.98 Å². The SMILES string of the molecule is COc1c([C@@H]2[C@H](OC)[C@H](C)O[C@H]2C(=O)Nc2ccnc([C@H](O)CO)c2)ccc(F)c1F. The van der Waals surface area contributed by atoms with E-state index in [0.29, 0.717) is 5.69 Å². The lowest BCUT2D eigenvalue weighted by Gasteiger charge is -2.24. The lowest BCUT2D eigenvalue weighted by atomic mass is 9.87. The van der Waals surface area contributed by atoms with Crippen LogP contribution in [0.4, 0.5) is 14.5 Å². The zero-order valence-electron chi connectivity index (χ0n) is 17.2. The highest BCUT2D eigenvalue weighted by molar-refractivity contribution is 5.95. The molecule has 1 fully saturated rings.